The molecule has 1 fully saturated rings. The normalized spacial score (nSPS) is 15.4. The van der Waals surface area contributed by atoms with E-state index in [1.165, 1.54) is 12.8 Å². The molecule has 106 valence electrons. The first kappa shape index (κ1) is 14.1. The molecule has 0 bridgehead atoms. The Morgan fingerprint density at radius 2 is 1.79 bits per heavy atom. The molecule has 0 spiro atoms. The van der Waals surface area contributed by atoms with Crippen molar-refractivity contribution in [3.05, 3.63) is 11.4 Å². The summed E-state index contributed by atoms with van der Waals surface area (Å²) in [5, 5.41) is 6.94. The minimum absolute atomic E-state index is 0.0314. The number of rotatable bonds is 5. The van der Waals surface area contributed by atoms with Gasteiger partial charge in [-0.15, -0.1) is 0 Å². The molecule has 0 aliphatic heterocycles. The predicted octanol–water partition coefficient (Wildman–Crippen LogP) is 3.48. The van der Waals surface area contributed by atoms with Crippen LogP contribution in [0, 0.1) is 6.92 Å². The number of hydrogen-bond donors (Lipinski definition) is 2. The van der Waals surface area contributed by atoms with Crippen LogP contribution < -0.4 is 10.6 Å². The Balaban J connectivity index is 2.34. The molecule has 0 atom stereocenters. The third kappa shape index (κ3) is 3.58. The Labute approximate surface area is 116 Å². The zero-order chi connectivity index (χ0) is 14.0. The summed E-state index contributed by atoms with van der Waals surface area (Å²) < 4.78 is 0. The zero-order valence-corrected chi connectivity index (χ0v) is 12.8. The third-order valence-corrected chi connectivity index (χ3v) is 3.28. The highest BCUT2D eigenvalue weighted by atomic mass is 15.1. The number of hydrogen-bond acceptors (Lipinski definition) is 4. The summed E-state index contributed by atoms with van der Waals surface area (Å²) in [5.41, 5.74) is 1.10. The summed E-state index contributed by atoms with van der Waals surface area (Å²) in [4.78, 5) is 9.44. The maximum atomic E-state index is 4.73. The maximum Gasteiger partial charge on any atom is 0.138 e. The third-order valence-electron chi connectivity index (χ3n) is 3.28. The van der Waals surface area contributed by atoms with Gasteiger partial charge in [-0.1, -0.05) is 27.7 Å². The maximum absolute atomic E-state index is 4.73. The number of nitrogens with zero attached hydrogens (tertiary/aromatic N) is 2. The van der Waals surface area contributed by atoms with E-state index in [2.05, 4.69) is 45.3 Å². The van der Waals surface area contributed by atoms with E-state index in [-0.39, 0.29) is 5.41 Å². The smallest absolute Gasteiger partial charge is 0.138 e. The standard InChI is InChI=1S/C15H26N4/c1-6-9-16-12-10(2)13(17-11-7-8-11)19-14(18-12)15(3,4)5/h11H,6-9H2,1-5H3,(H2,16,17,18,19). The first-order valence-corrected chi connectivity index (χ1v) is 7.31. The van der Waals surface area contributed by atoms with E-state index >= 15 is 0 Å². The number of aromatic nitrogens is 2. The fourth-order valence-corrected chi connectivity index (χ4v) is 1.83. The average molecular weight is 262 g/mol. The minimum atomic E-state index is -0.0314. The topological polar surface area (TPSA) is 49.8 Å². The lowest BCUT2D eigenvalue weighted by Gasteiger charge is -2.21. The molecule has 1 aliphatic rings. The van der Waals surface area contributed by atoms with Crippen LogP contribution in [0.1, 0.15) is 58.3 Å². The molecule has 19 heavy (non-hydrogen) atoms. The minimum Gasteiger partial charge on any atom is -0.370 e. The van der Waals surface area contributed by atoms with Crippen LogP contribution in [0.25, 0.3) is 0 Å². The van der Waals surface area contributed by atoms with E-state index in [0.29, 0.717) is 6.04 Å². The zero-order valence-electron chi connectivity index (χ0n) is 12.8. The Kier molecular flexibility index (Phi) is 3.97. The van der Waals surface area contributed by atoms with Crippen LogP contribution in [0.2, 0.25) is 0 Å². The van der Waals surface area contributed by atoms with E-state index in [4.69, 9.17) is 9.97 Å². The van der Waals surface area contributed by atoms with Crippen molar-refractivity contribution in [2.45, 2.75) is 65.3 Å². The largest absolute Gasteiger partial charge is 0.370 e. The molecule has 2 N–H and O–H groups in total. The van der Waals surface area contributed by atoms with E-state index < -0.39 is 0 Å². The summed E-state index contributed by atoms with van der Waals surface area (Å²) >= 11 is 0. The molecular weight excluding hydrogens is 236 g/mol. The predicted molar refractivity (Wildman–Crippen MR) is 80.9 cm³/mol. The Morgan fingerprint density at radius 1 is 1.16 bits per heavy atom. The molecule has 2 rings (SSSR count). The second kappa shape index (κ2) is 5.35. The van der Waals surface area contributed by atoms with E-state index in [1.807, 2.05) is 0 Å². The molecular formula is C15H26N4. The van der Waals surface area contributed by atoms with Crippen molar-refractivity contribution in [2.24, 2.45) is 0 Å². The van der Waals surface area contributed by atoms with Gasteiger partial charge in [0.1, 0.15) is 17.5 Å². The van der Waals surface area contributed by atoms with Crippen molar-refractivity contribution in [1.29, 1.82) is 0 Å². The molecule has 0 saturated heterocycles. The van der Waals surface area contributed by atoms with Crippen molar-refractivity contribution >= 4 is 11.6 Å². The molecule has 4 nitrogen and oxygen atoms in total. The van der Waals surface area contributed by atoms with Gasteiger partial charge in [-0.2, -0.15) is 0 Å². The number of anilines is 2. The van der Waals surface area contributed by atoms with E-state index in [1.54, 1.807) is 0 Å². The molecule has 4 heteroatoms. The first-order valence-electron chi connectivity index (χ1n) is 7.31. The van der Waals surface area contributed by atoms with Crippen LogP contribution in [-0.4, -0.2) is 22.6 Å². The summed E-state index contributed by atoms with van der Waals surface area (Å²) in [6.07, 6.45) is 3.61. The molecule has 0 amide bonds. The van der Waals surface area contributed by atoms with Gasteiger partial charge in [-0.25, -0.2) is 9.97 Å². The fourth-order valence-electron chi connectivity index (χ4n) is 1.83. The molecule has 1 aromatic rings. The van der Waals surface area contributed by atoms with Crippen LogP contribution in [0.15, 0.2) is 0 Å². The molecule has 1 aliphatic carbocycles. The van der Waals surface area contributed by atoms with Gasteiger partial charge in [0.2, 0.25) is 0 Å². The highest BCUT2D eigenvalue weighted by Crippen LogP contribution is 2.30. The molecule has 1 heterocycles. The van der Waals surface area contributed by atoms with Crippen LogP contribution in [0.3, 0.4) is 0 Å². The lowest BCUT2D eigenvalue weighted by Crippen LogP contribution is -2.20. The Bertz CT molecular complexity index is 444. The molecule has 0 unspecified atom stereocenters. The molecule has 0 radical (unpaired) electrons. The number of nitrogens with one attached hydrogen (secondary N) is 2. The van der Waals surface area contributed by atoms with E-state index in [0.717, 1.165) is 36.0 Å². The highest BCUT2D eigenvalue weighted by molar-refractivity contribution is 5.58. The Hall–Kier alpha value is -1.32. The van der Waals surface area contributed by atoms with Gasteiger partial charge in [0.05, 0.1) is 0 Å². The van der Waals surface area contributed by atoms with Gasteiger partial charge >= 0.3 is 0 Å². The molecule has 1 aromatic heterocycles. The monoisotopic (exact) mass is 262 g/mol. The quantitative estimate of drug-likeness (QED) is 0.853. The van der Waals surface area contributed by atoms with Gasteiger partial charge in [0.15, 0.2) is 0 Å². The highest BCUT2D eigenvalue weighted by Gasteiger charge is 2.25. The van der Waals surface area contributed by atoms with Crippen molar-refractivity contribution < 1.29 is 0 Å². The second-order valence-corrected chi connectivity index (χ2v) is 6.46. The Morgan fingerprint density at radius 3 is 2.32 bits per heavy atom. The second-order valence-electron chi connectivity index (χ2n) is 6.46. The van der Waals surface area contributed by atoms with Gasteiger partial charge in [0.25, 0.3) is 0 Å². The van der Waals surface area contributed by atoms with Crippen molar-refractivity contribution in [3.8, 4) is 0 Å². The van der Waals surface area contributed by atoms with Crippen molar-refractivity contribution in [3.63, 3.8) is 0 Å². The SMILES string of the molecule is CCCNc1nc(C(C)(C)C)nc(NC2CC2)c1C. The van der Waals surface area contributed by atoms with Crippen LogP contribution in [-0.2, 0) is 5.41 Å². The summed E-state index contributed by atoms with van der Waals surface area (Å²) in [7, 11) is 0. The van der Waals surface area contributed by atoms with Gasteiger partial charge in [0, 0.05) is 23.6 Å². The van der Waals surface area contributed by atoms with Crippen LogP contribution >= 0.6 is 0 Å². The fraction of sp³-hybridized carbons (Fsp3) is 0.733. The lowest BCUT2D eigenvalue weighted by atomic mass is 9.95. The van der Waals surface area contributed by atoms with Gasteiger partial charge < -0.3 is 10.6 Å². The van der Waals surface area contributed by atoms with Crippen LogP contribution in [0.4, 0.5) is 11.6 Å². The first-order chi connectivity index (χ1) is 8.91. The summed E-state index contributed by atoms with van der Waals surface area (Å²) in [5.74, 6) is 2.88. The lowest BCUT2D eigenvalue weighted by molar-refractivity contribution is 0.546. The average Bonchev–Trinajstić information content (AvgIpc) is 3.12. The van der Waals surface area contributed by atoms with E-state index in [9.17, 15) is 0 Å². The summed E-state index contributed by atoms with van der Waals surface area (Å²) in [6, 6.07) is 0.612. The van der Waals surface area contributed by atoms with Gasteiger partial charge in [-0.3, -0.25) is 0 Å². The van der Waals surface area contributed by atoms with Crippen LogP contribution in [0.5, 0.6) is 0 Å². The van der Waals surface area contributed by atoms with Crippen molar-refractivity contribution in [2.75, 3.05) is 17.2 Å². The molecule has 1 saturated carbocycles. The van der Waals surface area contributed by atoms with Gasteiger partial charge in [-0.05, 0) is 26.2 Å². The van der Waals surface area contributed by atoms with Crippen molar-refractivity contribution in [1.82, 2.24) is 9.97 Å². The summed E-state index contributed by atoms with van der Waals surface area (Å²) in [6.45, 7) is 11.7. The molecule has 0 aromatic carbocycles.